The van der Waals surface area contributed by atoms with Crippen molar-refractivity contribution in [3.8, 4) is 0 Å². The number of anilines is 4. The van der Waals surface area contributed by atoms with E-state index in [4.69, 9.17) is 11.6 Å². The first-order chi connectivity index (χ1) is 16.0. The number of carbonyl (C=O) groups excluding carboxylic acids is 1. The van der Waals surface area contributed by atoms with Crippen molar-refractivity contribution >= 4 is 52.0 Å². The Balaban J connectivity index is 1.86. The number of nitrogens with zero attached hydrogens (tertiary/aromatic N) is 3. The van der Waals surface area contributed by atoms with E-state index in [1.165, 1.54) is 5.69 Å². The van der Waals surface area contributed by atoms with E-state index < -0.39 is 0 Å². The summed E-state index contributed by atoms with van der Waals surface area (Å²) in [6, 6.07) is 20.0. The second-order valence-electron chi connectivity index (χ2n) is 7.90. The van der Waals surface area contributed by atoms with Crippen molar-refractivity contribution in [2.24, 2.45) is 0 Å². The van der Waals surface area contributed by atoms with Gasteiger partial charge in [-0.1, -0.05) is 23.4 Å². The predicted octanol–water partition coefficient (Wildman–Crippen LogP) is 7.48. The van der Waals surface area contributed by atoms with E-state index >= 15 is 0 Å². The molecule has 172 valence electrons. The monoisotopic (exact) mass is 479 g/mol. The lowest BCUT2D eigenvalue weighted by molar-refractivity contribution is 0.0998. The molecule has 0 spiro atoms. The van der Waals surface area contributed by atoms with Gasteiger partial charge in [-0.05, 0) is 88.4 Å². The van der Waals surface area contributed by atoms with Crippen molar-refractivity contribution in [1.82, 2.24) is 0 Å². The van der Waals surface area contributed by atoms with Gasteiger partial charge in [-0.2, -0.15) is 0 Å². The topological polar surface area (TPSA) is 26.8 Å². The van der Waals surface area contributed by atoms with Gasteiger partial charge in [-0.15, -0.1) is 0 Å². The summed E-state index contributed by atoms with van der Waals surface area (Å²) in [6.45, 7) is 12.3. The molecule has 0 fully saturated rings. The van der Waals surface area contributed by atoms with Crippen LogP contribution in [0.5, 0.6) is 0 Å². The fourth-order valence-corrected chi connectivity index (χ4v) is 5.49. The van der Waals surface area contributed by atoms with Crippen molar-refractivity contribution in [2.75, 3.05) is 40.9 Å². The molecular formula is C27H30ClN3OS. The van der Waals surface area contributed by atoms with E-state index in [2.05, 4.69) is 73.9 Å². The maximum atomic E-state index is 13.8. The van der Waals surface area contributed by atoms with E-state index in [1.807, 2.05) is 4.90 Å². The van der Waals surface area contributed by atoms with Gasteiger partial charge < -0.3 is 9.80 Å². The van der Waals surface area contributed by atoms with Crippen LogP contribution < -0.4 is 14.7 Å². The van der Waals surface area contributed by atoms with Gasteiger partial charge in [0.25, 0.3) is 5.91 Å². The van der Waals surface area contributed by atoms with Gasteiger partial charge in [-0.3, -0.25) is 9.69 Å². The molecule has 0 bridgehead atoms. The standard InChI is InChI=1S/C27H30ClN3OS/c1-5-29(6-2)21-14-16-25-24(17-21)31(27(32)19-9-11-20(28)12-10-19)23-15-13-22(18-26(23)33-25)30(7-3)8-4/h9-18H,5-8H2,1-4H3. The summed E-state index contributed by atoms with van der Waals surface area (Å²) in [5.74, 6) is -0.0539. The van der Waals surface area contributed by atoms with Crippen LogP contribution in [0.25, 0.3) is 0 Å². The summed E-state index contributed by atoms with van der Waals surface area (Å²) >= 11 is 7.82. The lowest BCUT2D eigenvalue weighted by Crippen LogP contribution is -2.29. The van der Waals surface area contributed by atoms with E-state index in [1.54, 1.807) is 36.0 Å². The van der Waals surface area contributed by atoms with Crippen molar-refractivity contribution < 1.29 is 4.79 Å². The zero-order valence-corrected chi connectivity index (χ0v) is 21.2. The molecule has 0 saturated heterocycles. The maximum absolute atomic E-state index is 13.8. The van der Waals surface area contributed by atoms with Crippen LogP contribution in [-0.4, -0.2) is 32.1 Å². The third-order valence-corrected chi connectivity index (χ3v) is 7.50. The summed E-state index contributed by atoms with van der Waals surface area (Å²) in [5.41, 5.74) is 4.75. The molecule has 1 aliphatic heterocycles. The number of fused-ring (bicyclic) bond motifs is 2. The molecule has 4 nitrogen and oxygen atoms in total. The number of halogens is 1. The third kappa shape index (κ3) is 4.57. The third-order valence-electron chi connectivity index (χ3n) is 6.14. The highest BCUT2D eigenvalue weighted by Crippen LogP contribution is 2.50. The Kier molecular flexibility index (Phi) is 7.20. The molecule has 4 rings (SSSR count). The molecule has 1 aliphatic rings. The Morgan fingerprint density at radius 2 is 1.33 bits per heavy atom. The Morgan fingerprint density at radius 3 is 1.94 bits per heavy atom. The van der Waals surface area contributed by atoms with Crippen LogP contribution in [0.15, 0.2) is 70.5 Å². The highest BCUT2D eigenvalue weighted by molar-refractivity contribution is 7.99. The molecule has 3 aromatic rings. The Morgan fingerprint density at radius 1 is 0.758 bits per heavy atom. The van der Waals surface area contributed by atoms with Gasteiger partial charge in [0.2, 0.25) is 0 Å². The van der Waals surface area contributed by atoms with E-state index in [9.17, 15) is 4.79 Å². The molecule has 0 N–H and O–H groups in total. The van der Waals surface area contributed by atoms with Crippen LogP contribution in [0.1, 0.15) is 38.1 Å². The van der Waals surface area contributed by atoms with Crippen LogP contribution >= 0.6 is 23.4 Å². The van der Waals surface area contributed by atoms with Gasteiger partial charge in [0.15, 0.2) is 0 Å². The number of rotatable bonds is 7. The largest absolute Gasteiger partial charge is 0.372 e. The quantitative estimate of drug-likeness (QED) is 0.351. The van der Waals surface area contributed by atoms with Crippen LogP contribution in [-0.2, 0) is 0 Å². The summed E-state index contributed by atoms with van der Waals surface area (Å²) in [6.07, 6.45) is 0. The van der Waals surface area contributed by atoms with Crippen LogP contribution in [0.2, 0.25) is 5.02 Å². The van der Waals surface area contributed by atoms with Gasteiger partial charge in [0.05, 0.1) is 11.4 Å². The SMILES string of the molecule is CCN(CC)c1ccc2c(c1)Sc1ccc(N(CC)CC)cc1N2C(=O)c1ccc(Cl)cc1. The molecule has 0 atom stereocenters. The first kappa shape index (κ1) is 23.5. The Hall–Kier alpha value is -2.63. The van der Waals surface area contributed by atoms with Gasteiger partial charge in [0.1, 0.15) is 0 Å². The molecule has 0 aliphatic carbocycles. The average Bonchev–Trinajstić information content (AvgIpc) is 2.84. The summed E-state index contributed by atoms with van der Waals surface area (Å²) in [4.78, 5) is 22.5. The second kappa shape index (κ2) is 10.1. The lowest BCUT2D eigenvalue weighted by atomic mass is 10.1. The summed E-state index contributed by atoms with van der Waals surface area (Å²) < 4.78 is 0. The number of hydrogen-bond donors (Lipinski definition) is 0. The van der Waals surface area contributed by atoms with Crippen LogP contribution in [0.3, 0.4) is 0 Å². The van der Waals surface area contributed by atoms with E-state index in [0.717, 1.165) is 53.0 Å². The van der Waals surface area contributed by atoms with Crippen molar-refractivity contribution in [1.29, 1.82) is 0 Å². The summed E-state index contributed by atoms with van der Waals surface area (Å²) in [7, 11) is 0. The van der Waals surface area contributed by atoms with Crippen LogP contribution in [0.4, 0.5) is 22.7 Å². The van der Waals surface area contributed by atoms with Crippen molar-refractivity contribution in [2.45, 2.75) is 37.5 Å². The zero-order valence-electron chi connectivity index (χ0n) is 19.6. The first-order valence-corrected chi connectivity index (χ1v) is 12.8. The molecule has 0 radical (unpaired) electrons. The first-order valence-electron chi connectivity index (χ1n) is 11.6. The molecule has 3 aromatic carbocycles. The average molecular weight is 480 g/mol. The fourth-order valence-electron chi connectivity index (χ4n) is 4.30. The molecule has 1 amide bonds. The van der Waals surface area contributed by atoms with Gasteiger partial charge in [0, 0.05) is 57.9 Å². The van der Waals surface area contributed by atoms with Crippen LogP contribution in [0, 0.1) is 0 Å². The fraction of sp³-hybridized carbons (Fsp3) is 0.296. The van der Waals surface area contributed by atoms with Crippen molar-refractivity contribution in [3.63, 3.8) is 0 Å². The lowest BCUT2D eigenvalue weighted by Gasteiger charge is -2.34. The molecule has 33 heavy (non-hydrogen) atoms. The Bertz CT molecular complexity index is 1140. The normalized spacial score (nSPS) is 12.2. The number of benzene rings is 3. The van der Waals surface area contributed by atoms with E-state index in [-0.39, 0.29) is 5.91 Å². The Labute approximate surface area is 206 Å². The number of amides is 1. The predicted molar refractivity (Wildman–Crippen MR) is 142 cm³/mol. The smallest absolute Gasteiger partial charge is 0.262 e. The van der Waals surface area contributed by atoms with Gasteiger partial charge in [-0.25, -0.2) is 0 Å². The minimum absolute atomic E-state index is 0.0539. The highest BCUT2D eigenvalue weighted by atomic mass is 35.5. The molecule has 0 saturated carbocycles. The maximum Gasteiger partial charge on any atom is 0.262 e. The highest BCUT2D eigenvalue weighted by Gasteiger charge is 2.30. The van der Waals surface area contributed by atoms with E-state index in [0.29, 0.717) is 10.6 Å². The molecule has 6 heteroatoms. The minimum atomic E-state index is -0.0539. The zero-order chi connectivity index (χ0) is 23.5. The van der Waals surface area contributed by atoms with Gasteiger partial charge >= 0.3 is 0 Å². The summed E-state index contributed by atoms with van der Waals surface area (Å²) in [5, 5.41) is 0.620. The molecule has 0 aromatic heterocycles. The molecular weight excluding hydrogens is 450 g/mol. The number of carbonyl (C=O) groups is 1. The van der Waals surface area contributed by atoms with Crippen molar-refractivity contribution in [3.05, 3.63) is 71.2 Å². The molecule has 1 heterocycles. The minimum Gasteiger partial charge on any atom is -0.372 e. The second-order valence-corrected chi connectivity index (χ2v) is 9.42. The molecule has 0 unspecified atom stereocenters. The number of hydrogen-bond acceptors (Lipinski definition) is 4.